The maximum atomic E-state index is 13.9. The van der Waals surface area contributed by atoms with Crippen LogP contribution < -0.4 is 5.73 Å². The maximum Gasteiger partial charge on any atom is 0.127 e. The minimum Gasteiger partial charge on any atom is -0.325 e. The Bertz CT molecular complexity index is 439. The van der Waals surface area contributed by atoms with E-state index in [0.29, 0.717) is 17.0 Å². The van der Waals surface area contributed by atoms with Gasteiger partial charge in [0.15, 0.2) is 0 Å². The van der Waals surface area contributed by atoms with Crippen LogP contribution in [0, 0.1) is 11.7 Å². The van der Waals surface area contributed by atoms with Gasteiger partial charge in [0.25, 0.3) is 0 Å². The molecule has 0 unspecified atom stereocenters. The fraction of sp³-hybridized carbons (Fsp3) is 0.647. The lowest BCUT2D eigenvalue weighted by Crippen LogP contribution is -2.45. The Morgan fingerprint density at radius 1 is 1.35 bits per heavy atom. The van der Waals surface area contributed by atoms with E-state index < -0.39 is 0 Å². The van der Waals surface area contributed by atoms with Crippen LogP contribution in [0.2, 0.25) is 5.02 Å². The van der Waals surface area contributed by atoms with Crippen LogP contribution in [0.5, 0.6) is 0 Å². The predicted octanol–water partition coefficient (Wildman–Crippen LogP) is 5.10. The summed E-state index contributed by atoms with van der Waals surface area (Å²) in [4.78, 5) is 0. The second-order valence-electron chi connectivity index (χ2n) is 6.36. The number of unbranched alkanes of at least 4 members (excludes halogenated alkanes) is 1. The van der Waals surface area contributed by atoms with E-state index in [4.69, 9.17) is 17.3 Å². The Labute approximate surface area is 126 Å². The average molecular weight is 298 g/mol. The van der Waals surface area contributed by atoms with Gasteiger partial charge < -0.3 is 5.73 Å². The standard InChI is InChI=1S/C17H25ClFN/c1-2-3-4-13-7-9-17(20,10-8-13)12-14-5-6-15(18)11-16(14)19/h5-6,11,13H,2-4,7-10,12,20H2,1H3. The predicted molar refractivity (Wildman–Crippen MR) is 83.5 cm³/mol. The zero-order valence-electron chi connectivity index (χ0n) is 12.3. The Morgan fingerprint density at radius 2 is 2.05 bits per heavy atom. The molecule has 0 bridgehead atoms. The summed E-state index contributed by atoms with van der Waals surface area (Å²) in [5.41, 5.74) is 6.95. The molecule has 2 N–H and O–H groups in total. The molecule has 0 spiro atoms. The largest absolute Gasteiger partial charge is 0.325 e. The Hall–Kier alpha value is -0.600. The van der Waals surface area contributed by atoms with Crippen molar-refractivity contribution >= 4 is 11.6 Å². The van der Waals surface area contributed by atoms with Gasteiger partial charge in [0.1, 0.15) is 5.82 Å². The van der Waals surface area contributed by atoms with E-state index in [1.807, 2.05) is 0 Å². The lowest BCUT2D eigenvalue weighted by Gasteiger charge is -2.37. The molecule has 1 aliphatic rings. The highest BCUT2D eigenvalue weighted by atomic mass is 35.5. The molecule has 0 aliphatic heterocycles. The van der Waals surface area contributed by atoms with Gasteiger partial charge in [-0.2, -0.15) is 0 Å². The smallest absolute Gasteiger partial charge is 0.127 e. The molecule has 0 amide bonds. The van der Waals surface area contributed by atoms with Crippen molar-refractivity contribution in [1.29, 1.82) is 0 Å². The van der Waals surface area contributed by atoms with Crippen molar-refractivity contribution in [2.45, 2.75) is 63.8 Å². The first kappa shape index (κ1) is 15.8. The lowest BCUT2D eigenvalue weighted by atomic mass is 9.73. The summed E-state index contributed by atoms with van der Waals surface area (Å²) in [5, 5.41) is 0.445. The van der Waals surface area contributed by atoms with Gasteiger partial charge in [-0.3, -0.25) is 0 Å². The van der Waals surface area contributed by atoms with Crippen molar-refractivity contribution in [3.63, 3.8) is 0 Å². The molecule has 2 rings (SSSR count). The second kappa shape index (κ2) is 6.91. The van der Waals surface area contributed by atoms with Gasteiger partial charge in [-0.05, 0) is 55.7 Å². The number of hydrogen-bond acceptors (Lipinski definition) is 1. The summed E-state index contributed by atoms with van der Waals surface area (Å²) in [6.45, 7) is 2.24. The third-order valence-corrected chi connectivity index (χ3v) is 4.86. The van der Waals surface area contributed by atoms with E-state index in [-0.39, 0.29) is 11.4 Å². The molecular weight excluding hydrogens is 273 g/mol. The van der Waals surface area contributed by atoms with Crippen LogP contribution in [0.15, 0.2) is 18.2 Å². The third-order valence-electron chi connectivity index (χ3n) is 4.62. The van der Waals surface area contributed by atoms with E-state index >= 15 is 0 Å². The molecule has 1 nitrogen and oxygen atoms in total. The summed E-state index contributed by atoms with van der Waals surface area (Å²) in [6.07, 6.45) is 8.90. The van der Waals surface area contributed by atoms with E-state index in [0.717, 1.165) is 18.8 Å². The van der Waals surface area contributed by atoms with Gasteiger partial charge in [0, 0.05) is 10.6 Å². The quantitative estimate of drug-likeness (QED) is 0.804. The molecule has 112 valence electrons. The fourth-order valence-electron chi connectivity index (χ4n) is 3.26. The summed E-state index contributed by atoms with van der Waals surface area (Å²) < 4.78 is 13.9. The van der Waals surface area contributed by atoms with Crippen molar-refractivity contribution in [3.8, 4) is 0 Å². The zero-order valence-corrected chi connectivity index (χ0v) is 13.1. The van der Waals surface area contributed by atoms with Gasteiger partial charge in [0.05, 0.1) is 0 Å². The number of halogens is 2. The number of hydrogen-bond donors (Lipinski definition) is 1. The van der Waals surface area contributed by atoms with Crippen molar-refractivity contribution in [2.75, 3.05) is 0 Å². The van der Waals surface area contributed by atoms with E-state index in [1.54, 1.807) is 12.1 Å². The van der Waals surface area contributed by atoms with Crippen molar-refractivity contribution in [1.82, 2.24) is 0 Å². The Balaban J connectivity index is 1.93. The minimum atomic E-state index is -0.239. The molecule has 1 aliphatic carbocycles. The molecule has 1 aromatic carbocycles. The Kier molecular flexibility index (Phi) is 5.45. The summed E-state index contributed by atoms with van der Waals surface area (Å²) >= 11 is 5.79. The normalized spacial score (nSPS) is 26.7. The first-order valence-corrected chi connectivity index (χ1v) is 8.13. The highest BCUT2D eigenvalue weighted by Gasteiger charge is 2.32. The monoisotopic (exact) mass is 297 g/mol. The number of benzene rings is 1. The molecule has 20 heavy (non-hydrogen) atoms. The van der Waals surface area contributed by atoms with Crippen LogP contribution in [0.4, 0.5) is 4.39 Å². The first-order valence-electron chi connectivity index (χ1n) is 7.75. The number of rotatable bonds is 5. The lowest BCUT2D eigenvalue weighted by molar-refractivity contribution is 0.220. The Morgan fingerprint density at radius 3 is 2.65 bits per heavy atom. The van der Waals surface area contributed by atoms with Crippen LogP contribution in [-0.4, -0.2) is 5.54 Å². The average Bonchev–Trinajstić information content (AvgIpc) is 2.42. The summed E-state index contributed by atoms with van der Waals surface area (Å²) in [6, 6.07) is 4.90. The molecule has 0 aromatic heterocycles. The molecule has 1 aromatic rings. The van der Waals surface area contributed by atoms with Crippen molar-refractivity contribution in [2.24, 2.45) is 11.7 Å². The van der Waals surface area contributed by atoms with Crippen LogP contribution in [0.3, 0.4) is 0 Å². The molecule has 0 radical (unpaired) electrons. The molecule has 0 heterocycles. The first-order chi connectivity index (χ1) is 9.52. The van der Waals surface area contributed by atoms with Crippen LogP contribution in [-0.2, 0) is 6.42 Å². The highest BCUT2D eigenvalue weighted by molar-refractivity contribution is 6.30. The van der Waals surface area contributed by atoms with E-state index in [1.165, 1.54) is 38.2 Å². The molecule has 1 saturated carbocycles. The molecule has 0 saturated heterocycles. The van der Waals surface area contributed by atoms with Gasteiger partial charge in [-0.25, -0.2) is 4.39 Å². The number of nitrogens with two attached hydrogens (primary N) is 1. The fourth-order valence-corrected chi connectivity index (χ4v) is 3.41. The topological polar surface area (TPSA) is 26.0 Å². The van der Waals surface area contributed by atoms with Gasteiger partial charge in [-0.15, -0.1) is 0 Å². The minimum absolute atomic E-state index is 0.226. The molecular formula is C17H25ClFN. The van der Waals surface area contributed by atoms with Crippen molar-refractivity contribution < 1.29 is 4.39 Å². The summed E-state index contributed by atoms with van der Waals surface area (Å²) in [5.74, 6) is 0.595. The van der Waals surface area contributed by atoms with Crippen molar-refractivity contribution in [3.05, 3.63) is 34.6 Å². The van der Waals surface area contributed by atoms with Gasteiger partial charge in [0.2, 0.25) is 0 Å². The van der Waals surface area contributed by atoms with E-state index in [9.17, 15) is 4.39 Å². The molecule has 0 atom stereocenters. The highest BCUT2D eigenvalue weighted by Crippen LogP contribution is 2.35. The second-order valence-corrected chi connectivity index (χ2v) is 6.80. The van der Waals surface area contributed by atoms with Crippen LogP contribution in [0.25, 0.3) is 0 Å². The van der Waals surface area contributed by atoms with Crippen LogP contribution >= 0.6 is 11.6 Å². The maximum absolute atomic E-state index is 13.9. The molecule has 3 heteroatoms. The molecule has 1 fully saturated rings. The zero-order chi connectivity index (χ0) is 14.6. The van der Waals surface area contributed by atoms with Gasteiger partial charge >= 0.3 is 0 Å². The van der Waals surface area contributed by atoms with Crippen LogP contribution in [0.1, 0.15) is 57.4 Å². The van der Waals surface area contributed by atoms with E-state index in [2.05, 4.69) is 6.92 Å². The summed E-state index contributed by atoms with van der Waals surface area (Å²) in [7, 11) is 0. The van der Waals surface area contributed by atoms with Gasteiger partial charge in [-0.1, -0.05) is 43.9 Å². The SMILES string of the molecule is CCCCC1CCC(N)(Cc2ccc(Cl)cc2F)CC1. The third kappa shape index (κ3) is 4.20.